The lowest BCUT2D eigenvalue weighted by Gasteiger charge is -2.12. The number of carbonyl (C=O) groups is 1. The molecule has 82 valence electrons. The van der Waals surface area contributed by atoms with E-state index in [0.29, 0.717) is 11.7 Å². The van der Waals surface area contributed by atoms with Gasteiger partial charge in [-0.15, -0.1) is 0 Å². The molecule has 1 aromatic rings. The molecule has 0 aliphatic carbocycles. The van der Waals surface area contributed by atoms with Crippen molar-refractivity contribution in [1.29, 1.82) is 0 Å². The minimum Gasteiger partial charge on any atom is -0.496 e. The summed E-state index contributed by atoms with van der Waals surface area (Å²) in [5.74, 6) is -0.270. The van der Waals surface area contributed by atoms with Crippen LogP contribution < -0.4 is 4.74 Å². The molecule has 0 spiro atoms. The molecule has 1 aromatic carbocycles. The zero-order chi connectivity index (χ0) is 11.6. The predicted molar refractivity (Wildman–Crippen MR) is 61.7 cm³/mol. The minimum absolute atomic E-state index is 0.175. The normalized spacial score (nSPS) is 10.5. The van der Waals surface area contributed by atoms with Crippen LogP contribution in [0.25, 0.3) is 0 Å². The third kappa shape index (κ3) is 2.50. The van der Waals surface area contributed by atoms with E-state index in [1.165, 1.54) is 7.11 Å². The van der Waals surface area contributed by atoms with Crippen molar-refractivity contribution in [2.45, 2.75) is 19.8 Å². The molecular formula is C11H13BrO3. The molecule has 0 aromatic heterocycles. The lowest BCUT2D eigenvalue weighted by molar-refractivity contribution is 0.0693. The van der Waals surface area contributed by atoms with E-state index in [-0.39, 0.29) is 5.56 Å². The average Bonchev–Trinajstić information content (AvgIpc) is 2.16. The fourth-order valence-corrected chi connectivity index (χ4v) is 2.15. The average molecular weight is 273 g/mol. The first-order valence-corrected chi connectivity index (χ1v) is 5.37. The molecule has 15 heavy (non-hydrogen) atoms. The van der Waals surface area contributed by atoms with E-state index in [0.717, 1.165) is 10.0 Å². The highest BCUT2D eigenvalue weighted by Crippen LogP contribution is 2.31. The van der Waals surface area contributed by atoms with Gasteiger partial charge in [-0.1, -0.05) is 29.8 Å². The van der Waals surface area contributed by atoms with Crippen LogP contribution in [-0.2, 0) is 0 Å². The SMILES string of the molecule is COc1cc(C(C)C)c(Br)cc1C(=O)O. The summed E-state index contributed by atoms with van der Waals surface area (Å²) in [6, 6.07) is 3.34. The maximum Gasteiger partial charge on any atom is 0.339 e. The summed E-state index contributed by atoms with van der Waals surface area (Å²) < 4.78 is 5.85. The summed E-state index contributed by atoms with van der Waals surface area (Å²) in [5.41, 5.74) is 1.21. The molecule has 0 aliphatic heterocycles. The van der Waals surface area contributed by atoms with Crippen LogP contribution in [0, 0.1) is 0 Å². The standard InChI is InChI=1S/C11H13BrO3/c1-6(2)7-5-10(15-3)8(11(13)14)4-9(7)12/h4-6H,1-3H3,(H,13,14). The van der Waals surface area contributed by atoms with Crippen molar-refractivity contribution >= 4 is 21.9 Å². The van der Waals surface area contributed by atoms with E-state index in [1.807, 2.05) is 13.8 Å². The molecule has 0 atom stereocenters. The summed E-state index contributed by atoms with van der Waals surface area (Å²) in [6.45, 7) is 4.08. The van der Waals surface area contributed by atoms with Gasteiger partial charge in [0.15, 0.2) is 0 Å². The Hall–Kier alpha value is -1.03. The first-order chi connectivity index (χ1) is 6.97. The van der Waals surface area contributed by atoms with Crippen LogP contribution in [0.5, 0.6) is 5.75 Å². The largest absolute Gasteiger partial charge is 0.496 e. The molecule has 1 rings (SSSR count). The molecule has 0 fully saturated rings. The smallest absolute Gasteiger partial charge is 0.339 e. The fourth-order valence-electron chi connectivity index (χ4n) is 1.35. The second-order valence-electron chi connectivity index (χ2n) is 3.53. The number of hydrogen-bond acceptors (Lipinski definition) is 2. The third-order valence-corrected chi connectivity index (χ3v) is 2.86. The maximum atomic E-state index is 10.9. The van der Waals surface area contributed by atoms with Gasteiger partial charge in [-0.3, -0.25) is 0 Å². The van der Waals surface area contributed by atoms with Gasteiger partial charge >= 0.3 is 5.97 Å². The second kappa shape index (κ2) is 4.66. The van der Waals surface area contributed by atoms with Crippen LogP contribution in [0.15, 0.2) is 16.6 Å². The van der Waals surface area contributed by atoms with E-state index >= 15 is 0 Å². The Bertz CT molecular complexity index is 386. The van der Waals surface area contributed by atoms with Crippen LogP contribution in [0.1, 0.15) is 35.7 Å². The molecule has 4 heteroatoms. The van der Waals surface area contributed by atoms with Gasteiger partial charge in [0, 0.05) is 4.47 Å². The molecular weight excluding hydrogens is 260 g/mol. The number of ether oxygens (including phenoxy) is 1. The van der Waals surface area contributed by atoms with Crippen LogP contribution in [0.4, 0.5) is 0 Å². The summed E-state index contributed by atoms with van der Waals surface area (Å²) in [6.07, 6.45) is 0. The van der Waals surface area contributed by atoms with Crippen LogP contribution in [-0.4, -0.2) is 18.2 Å². The number of carboxylic acid groups (broad SMARTS) is 1. The summed E-state index contributed by atoms with van der Waals surface area (Å²) >= 11 is 3.36. The van der Waals surface area contributed by atoms with Crippen molar-refractivity contribution in [3.63, 3.8) is 0 Å². The highest BCUT2D eigenvalue weighted by atomic mass is 79.9. The Labute approximate surface area is 97.2 Å². The number of carboxylic acids is 1. The predicted octanol–water partition coefficient (Wildman–Crippen LogP) is 3.28. The van der Waals surface area contributed by atoms with Crippen molar-refractivity contribution in [2.24, 2.45) is 0 Å². The monoisotopic (exact) mass is 272 g/mol. The lowest BCUT2D eigenvalue weighted by Crippen LogP contribution is -2.02. The minimum atomic E-state index is -0.983. The van der Waals surface area contributed by atoms with Crippen molar-refractivity contribution in [1.82, 2.24) is 0 Å². The van der Waals surface area contributed by atoms with Crippen LogP contribution in [0.3, 0.4) is 0 Å². The lowest BCUT2D eigenvalue weighted by atomic mass is 10.0. The van der Waals surface area contributed by atoms with Gasteiger partial charge in [-0.2, -0.15) is 0 Å². The molecule has 0 saturated carbocycles. The Morgan fingerprint density at radius 1 is 1.47 bits per heavy atom. The summed E-state index contributed by atoms with van der Waals surface area (Å²) in [7, 11) is 1.47. The highest BCUT2D eigenvalue weighted by Gasteiger charge is 2.15. The van der Waals surface area contributed by atoms with E-state index in [9.17, 15) is 4.79 Å². The van der Waals surface area contributed by atoms with Crippen LogP contribution >= 0.6 is 15.9 Å². The van der Waals surface area contributed by atoms with Gasteiger partial charge in [0.1, 0.15) is 11.3 Å². The Morgan fingerprint density at radius 2 is 2.07 bits per heavy atom. The Kier molecular flexibility index (Phi) is 3.74. The first-order valence-electron chi connectivity index (χ1n) is 4.58. The number of halogens is 1. The van der Waals surface area contributed by atoms with Gasteiger partial charge < -0.3 is 9.84 Å². The second-order valence-corrected chi connectivity index (χ2v) is 4.39. The number of methoxy groups -OCH3 is 1. The van der Waals surface area contributed by atoms with Gasteiger partial charge in [0.2, 0.25) is 0 Å². The van der Waals surface area contributed by atoms with Gasteiger partial charge in [-0.05, 0) is 23.6 Å². The Morgan fingerprint density at radius 3 is 2.47 bits per heavy atom. The quantitative estimate of drug-likeness (QED) is 0.919. The van der Waals surface area contributed by atoms with Crippen molar-refractivity contribution in [3.8, 4) is 5.75 Å². The third-order valence-electron chi connectivity index (χ3n) is 2.17. The molecule has 0 amide bonds. The molecule has 3 nitrogen and oxygen atoms in total. The zero-order valence-corrected chi connectivity index (χ0v) is 10.5. The van der Waals surface area contributed by atoms with E-state index in [1.54, 1.807) is 12.1 Å². The van der Waals surface area contributed by atoms with E-state index < -0.39 is 5.97 Å². The molecule has 0 saturated heterocycles. The van der Waals surface area contributed by atoms with Crippen molar-refractivity contribution < 1.29 is 14.6 Å². The summed E-state index contributed by atoms with van der Waals surface area (Å²) in [4.78, 5) is 10.9. The number of rotatable bonds is 3. The number of hydrogen-bond donors (Lipinski definition) is 1. The molecule has 1 N–H and O–H groups in total. The fraction of sp³-hybridized carbons (Fsp3) is 0.364. The van der Waals surface area contributed by atoms with Crippen LogP contribution in [0.2, 0.25) is 0 Å². The molecule has 0 radical (unpaired) electrons. The van der Waals surface area contributed by atoms with Crippen molar-refractivity contribution in [2.75, 3.05) is 7.11 Å². The van der Waals surface area contributed by atoms with Gasteiger partial charge in [0.25, 0.3) is 0 Å². The van der Waals surface area contributed by atoms with Gasteiger partial charge in [-0.25, -0.2) is 4.79 Å². The molecule has 0 heterocycles. The highest BCUT2D eigenvalue weighted by molar-refractivity contribution is 9.10. The molecule has 0 bridgehead atoms. The number of benzene rings is 1. The zero-order valence-electron chi connectivity index (χ0n) is 8.87. The first kappa shape index (κ1) is 12.0. The number of aromatic carboxylic acids is 1. The van der Waals surface area contributed by atoms with Gasteiger partial charge in [0.05, 0.1) is 7.11 Å². The maximum absolute atomic E-state index is 10.9. The van der Waals surface area contributed by atoms with E-state index in [4.69, 9.17) is 9.84 Å². The topological polar surface area (TPSA) is 46.5 Å². The Balaban J connectivity index is 3.35. The molecule has 0 aliphatic rings. The van der Waals surface area contributed by atoms with E-state index in [2.05, 4.69) is 15.9 Å². The summed E-state index contributed by atoms with van der Waals surface area (Å²) in [5, 5.41) is 8.95. The van der Waals surface area contributed by atoms with Crippen molar-refractivity contribution in [3.05, 3.63) is 27.7 Å². The molecule has 0 unspecified atom stereocenters.